The lowest BCUT2D eigenvalue weighted by Crippen LogP contribution is -2.30. The van der Waals surface area contributed by atoms with Crippen LogP contribution in [0.4, 0.5) is 0 Å². The van der Waals surface area contributed by atoms with Gasteiger partial charge in [-0.25, -0.2) is 0 Å². The summed E-state index contributed by atoms with van der Waals surface area (Å²) in [6.45, 7) is 4.56. The van der Waals surface area contributed by atoms with Crippen LogP contribution >= 0.6 is 0 Å². The van der Waals surface area contributed by atoms with E-state index >= 15 is 0 Å². The molecule has 0 aliphatic heterocycles. The third kappa shape index (κ3) is 16.0. The van der Waals surface area contributed by atoms with Crippen LogP contribution in [0.15, 0.2) is 0 Å². The van der Waals surface area contributed by atoms with E-state index in [1.165, 1.54) is 116 Å². The van der Waals surface area contributed by atoms with Crippen molar-refractivity contribution in [2.24, 2.45) is 0 Å². The second kappa shape index (κ2) is 20.1. The van der Waals surface area contributed by atoms with Gasteiger partial charge in [-0.05, 0) is 12.1 Å². The van der Waals surface area contributed by atoms with E-state index in [4.69, 9.17) is 12.8 Å². The molecule has 0 N–H and O–H groups in total. The SMILES string of the molecule is C#C[Si](C#C)(CCCCCCCCCCC)CCCCCCCCCCC. The van der Waals surface area contributed by atoms with Crippen LogP contribution in [0.2, 0.25) is 12.1 Å². The van der Waals surface area contributed by atoms with Crippen molar-refractivity contribution < 1.29 is 0 Å². The van der Waals surface area contributed by atoms with E-state index in [2.05, 4.69) is 24.9 Å². The average Bonchev–Trinajstić information content (AvgIpc) is 2.70. The maximum Gasteiger partial charge on any atom is 0.216 e. The first kappa shape index (κ1) is 26.3. The van der Waals surface area contributed by atoms with Crippen molar-refractivity contribution in [3.63, 3.8) is 0 Å². The Hall–Kier alpha value is -0.663. The number of rotatable bonds is 20. The molecule has 0 unspecified atom stereocenters. The molecule has 0 saturated heterocycles. The number of terminal acetylenes is 2. The van der Waals surface area contributed by atoms with Crippen molar-refractivity contribution in [3.05, 3.63) is 0 Å². The summed E-state index contributed by atoms with van der Waals surface area (Å²) >= 11 is 0. The lowest BCUT2D eigenvalue weighted by atomic mass is 10.1. The van der Waals surface area contributed by atoms with Crippen LogP contribution in [0.1, 0.15) is 129 Å². The average molecular weight is 389 g/mol. The van der Waals surface area contributed by atoms with Crippen LogP contribution in [0, 0.1) is 23.9 Å². The van der Waals surface area contributed by atoms with Gasteiger partial charge < -0.3 is 0 Å². The number of hydrogen-bond donors (Lipinski definition) is 0. The van der Waals surface area contributed by atoms with E-state index < -0.39 is 8.07 Å². The van der Waals surface area contributed by atoms with Gasteiger partial charge in [0.2, 0.25) is 8.07 Å². The Morgan fingerprint density at radius 2 is 0.704 bits per heavy atom. The van der Waals surface area contributed by atoms with Gasteiger partial charge in [0.05, 0.1) is 0 Å². The van der Waals surface area contributed by atoms with E-state index in [9.17, 15) is 0 Å². The van der Waals surface area contributed by atoms with Crippen molar-refractivity contribution in [2.45, 2.75) is 142 Å². The summed E-state index contributed by atoms with van der Waals surface area (Å²) in [6, 6.07) is 2.32. The lowest BCUT2D eigenvalue weighted by Gasteiger charge is -2.19. The van der Waals surface area contributed by atoms with Crippen LogP contribution in [0.25, 0.3) is 0 Å². The normalized spacial score (nSPS) is 11.3. The summed E-state index contributed by atoms with van der Waals surface area (Å²) < 4.78 is 0. The zero-order chi connectivity index (χ0) is 20.1. The fraction of sp³-hybridized carbons (Fsp3) is 0.846. The molecule has 0 aromatic rings. The van der Waals surface area contributed by atoms with Gasteiger partial charge in [0.1, 0.15) is 0 Å². The van der Waals surface area contributed by atoms with Gasteiger partial charge >= 0.3 is 0 Å². The molecule has 0 rings (SSSR count). The molecule has 1 heteroatoms. The van der Waals surface area contributed by atoms with E-state index in [0.717, 1.165) is 12.1 Å². The summed E-state index contributed by atoms with van der Waals surface area (Å²) in [5.41, 5.74) is 6.24. The molecule has 0 bridgehead atoms. The Morgan fingerprint density at radius 1 is 0.444 bits per heavy atom. The first-order valence-corrected chi connectivity index (χ1v) is 14.6. The third-order valence-corrected chi connectivity index (χ3v) is 9.49. The molecule has 0 fully saturated rings. The minimum absolute atomic E-state index is 1.16. The fourth-order valence-corrected chi connectivity index (χ4v) is 6.55. The molecule has 0 amide bonds. The Bertz CT molecular complexity index is 346. The topological polar surface area (TPSA) is 0 Å². The summed E-state index contributed by atoms with van der Waals surface area (Å²) in [5, 5.41) is 0. The molecular formula is C26H48Si. The standard InChI is InChI=1S/C26H48Si/c1-5-9-11-13-15-17-19-21-23-25-27(7-3,8-4)26-24-22-20-18-16-14-12-10-6-2/h3-4H,5-6,9-26H2,1-2H3. The molecule has 0 aliphatic rings. The van der Waals surface area contributed by atoms with Crippen molar-refractivity contribution in [1.82, 2.24) is 0 Å². The Kier molecular flexibility index (Phi) is 19.6. The largest absolute Gasteiger partial charge is 0.216 e. The van der Waals surface area contributed by atoms with Gasteiger partial charge in [-0.3, -0.25) is 0 Å². The van der Waals surface area contributed by atoms with Gasteiger partial charge in [-0.2, -0.15) is 0 Å². The highest BCUT2D eigenvalue weighted by atomic mass is 28.3. The molecule has 0 atom stereocenters. The minimum Gasteiger partial charge on any atom is -0.126 e. The Labute approximate surface area is 173 Å². The van der Waals surface area contributed by atoms with Crippen LogP contribution in [-0.2, 0) is 0 Å². The van der Waals surface area contributed by atoms with Crippen LogP contribution in [-0.4, -0.2) is 8.07 Å². The lowest BCUT2D eigenvalue weighted by molar-refractivity contribution is 0.569. The van der Waals surface area contributed by atoms with Gasteiger partial charge in [-0.15, -0.1) is 23.9 Å². The van der Waals surface area contributed by atoms with Gasteiger partial charge in [0.25, 0.3) is 0 Å². The number of hydrogen-bond acceptors (Lipinski definition) is 0. The quantitative estimate of drug-likeness (QED) is 0.111. The summed E-state index contributed by atoms with van der Waals surface area (Å²) in [6.07, 6.45) is 36.4. The van der Waals surface area contributed by atoms with Gasteiger partial charge in [-0.1, -0.05) is 129 Å². The zero-order valence-electron chi connectivity index (χ0n) is 18.8. The summed E-state index contributed by atoms with van der Waals surface area (Å²) in [5.74, 6) is 0. The predicted octanol–water partition coefficient (Wildman–Crippen LogP) is 8.84. The smallest absolute Gasteiger partial charge is 0.126 e. The zero-order valence-corrected chi connectivity index (χ0v) is 19.8. The van der Waals surface area contributed by atoms with E-state index in [-0.39, 0.29) is 0 Å². The molecular weight excluding hydrogens is 340 g/mol. The molecule has 27 heavy (non-hydrogen) atoms. The van der Waals surface area contributed by atoms with E-state index in [1.807, 2.05) is 0 Å². The highest BCUT2D eigenvalue weighted by Gasteiger charge is 2.27. The Balaban J connectivity index is 3.71. The second-order valence-corrected chi connectivity index (χ2v) is 12.3. The highest BCUT2D eigenvalue weighted by molar-refractivity contribution is 6.94. The minimum atomic E-state index is -1.86. The molecule has 0 saturated carbocycles. The first-order chi connectivity index (χ1) is 13.2. The molecule has 0 heterocycles. The molecule has 0 aliphatic carbocycles. The monoisotopic (exact) mass is 388 g/mol. The molecule has 156 valence electrons. The highest BCUT2D eigenvalue weighted by Crippen LogP contribution is 2.23. The Morgan fingerprint density at radius 3 is 0.963 bits per heavy atom. The van der Waals surface area contributed by atoms with Gasteiger partial charge in [0, 0.05) is 0 Å². The van der Waals surface area contributed by atoms with Crippen LogP contribution < -0.4 is 0 Å². The summed E-state index contributed by atoms with van der Waals surface area (Å²) in [4.78, 5) is 0. The van der Waals surface area contributed by atoms with Crippen LogP contribution in [0.5, 0.6) is 0 Å². The molecule has 0 aromatic carbocycles. The van der Waals surface area contributed by atoms with E-state index in [1.54, 1.807) is 0 Å². The number of unbranched alkanes of at least 4 members (excludes halogenated alkanes) is 16. The van der Waals surface area contributed by atoms with Crippen molar-refractivity contribution in [3.8, 4) is 23.9 Å². The van der Waals surface area contributed by atoms with Crippen LogP contribution in [0.3, 0.4) is 0 Å². The molecule has 0 radical (unpaired) electrons. The molecule has 0 aromatic heterocycles. The van der Waals surface area contributed by atoms with Gasteiger partial charge in [0.15, 0.2) is 0 Å². The van der Waals surface area contributed by atoms with E-state index in [0.29, 0.717) is 0 Å². The molecule has 0 nitrogen and oxygen atoms in total. The maximum absolute atomic E-state index is 5.91. The van der Waals surface area contributed by atoms with Crippen molar-refractivity contribution >= 4 is 8.07 Å². The summed E-state index contributed by atoms with van der Waals surface area (Å²) in [7, 11) is -1.86. The van der Waals surface area contributed by atoms with Crippen molar-refractivity contribution in [2.75, 3.05) is 0 Å². The molecule has 0 spiro atoms. The third-order valence-electron chi connectivity index (χ3n) is 5.97. The maximum atomic E-state index is 5.91. The van der Waals surface area contributed by atoms with Crippen molar-refractivity contribution in [1.29, 1.82) is 0 Å². The predicted molar refractivity (Wildman–Crippen MR) is 127 cm³/mol. The fourth-order valence-electron chi connectivity index (χ4n) is 3.93. The first-order valence-electron chi connectivity index (χ1n) is 12.2. The second-order valence-electron chi connectivity index (χ2n) is 8.53.